The van der Waals surface area contributed by atoms with Crippen molar-refractivity contribution in [2.24, 2.45) is 0 Å². The normalized spacial score (nSPS) is 13.6. The van der Waals surface area contributed by atoms with Crippen molar-refractivity contribution in [3.63, 3.8) is 0 Å². The molecule has 1 aliphatic rings. The molecule has 0 unspecified atom stereocenters. The monoisotopic (exact) mass is 689 g/mol. The summed E-state index contributed by atoms with van der Waals surface area (Å²) in [7, 11) is 1.58. The Kier molecular flexibility index (Phi) is 10.2. The van der Waals surface area contributed by atoms with E-state index in [1.807, 2.05) is 34.5 Å². The second kappa shape index (κ2) is 14.3. The van der Waals surface area contributed by atoms with E-state index in [1.165, 1.54) is 36.4 Å². The lowest BCUT2D eigenvalue weighted by molar-refractivity contribution is -0.143. The quantitative estimate of drug-likeness (QED) is 0.165. The highest BCUT2D eigenvalue weighted by molar-refractivity contribution is 6.04. The smallest absolute Gasteiger partial charge is 0.416 e. The summed E-state index contributed by atoms with van der Waals surface area (Å²) in [6.07, 6.45) is -10.2. The van der Waals surface area contributed by atoms with E-state index in [4.69, 9.17) is 4.74 Å². The van der Waals surface area contributed by atoms with Crippen LogP contribution in [0.4, 0.5) is 58.3 Å². The molecular weight excluding hydrogens is 659 g/mol. The van der Waals surface area contributed by atoms with Crippen molar-refractivity contribution in [2.75, 3.05) is 53.7 Å². The minimum Gasteiger partial charge on any atom is -0.495 e. The summed E-state index contributed by atoms with van der Waals surface area (Å²) in [6, 6.07) is 17.1. The number of piperazine rings is 1. The molecule has 0 atom stereocenters. The van der Waals surface area contributed by atoms with Crippen molar-refractivity contribution in [3.8, 4) is 5.75 Å². The van der Waals surface area contributed by atoms with E-state index < -0.39 is 46.9 Å². The first-order valence-electron chi connectivity index (χ1n) is 14.9. The van der Waals surface area contributed by atoms with E-state index in [1.54, 1.807) is 13.2 Å². The molecule has 3 N–H and O–H groups in total. The molecule has 4 aromatic carbocycles. The van der Waals surface area contributed by atoms with Crippen molar-refractivity contribution in [1.29, 1.82) is 0 Å². The van der Waals surface area contributed by atoms with E-state index in [2.05, 4.69) is 15.5 Å². The van der Waals surface area contributed by atoms with Crippen LogP contribution in [0.1, 0.15) is 27.0 Å². The van der Waals surface area contributed by atoms with Gasteiger partial charge in [0.15, 0.2) is 0 Å². The third-order valence-corrected chi connectivity index (χ3v) is 7.76. The lowest BCUT2D eigenvalue weighted by Crippen LogP contribution is -2.47. The fourth-order valence-corrected chi connectivity index (χ4v) is 5.35. The molecular formula is C34H30F7N5O3. The molecule has 0 radical (unpaired) electrons. The number of para-hydroxylation sites is 2. The molecule has 0 aromatic heterocycles. The van der Waals surface area contributed by atoms with Crippen LogP contribution in [0.5, 0.6) is 5.75 Å². The maximum absolute atomic E-state index is 13.5. The summed E-state index contributed by atoms with van der Waals surface area (Å²) in [5, 5.41) is 7.16. The van der Waals surface area contributed by atoms with Gasteiger partial charge in [-0.25, -0.2) is 9.18 Å². The van der Waals surface area contributed by atoms with Crippen LogP contribution in [0.2, 0.25) is 0 Å². The van der Waals surface area contributed by atoms with Gasteiger partial charge < -0.3 is 30.5 Å². The molecule has 3 amide bonds. The summed E-state index contributed by atoms with van der Waals surface area (Å²) in [6.45, 7) is 2.21. The Morgan fingerprint density at radius 1 is 0.714 bits per heavy atom. The van der Waals surface area contributed by atoms with Crippen molar-refractivity contribution >= 4 is 34.7 Å². The number of carbonyl (C=O) groups excluding carboxylic acids is 2. The Hall–Kier alpha value is -5.47. The third kappa shape index (κ3) is 8.72. The number of carbonyl (C=O) groups is 2. The standard InChI is InChI=1S/C34H30F7N5O3/c1-49-30-5-3-2-4-29(30)46-14-12-45(13-15-46)28-11-10-25(19-27(28)31(47)42-20-21-6-8-24(35)9-7-21)43-32(48)44-26-17-22(33(36,37)38)16-23(18-26)34(39,40)41/h2-11,16-19H,12-15,20H2,1H3,(H,42,47)(H2,43,44,48). The number of ether oxygens (including phenoxy) is 1. The summed E-state index contributed by atoms with van der Waals surface area (Å²) >= 11 is 0. The van der Waals surface area contributed by atoms with Gasteiger partial charge >= 0.3 is 18.4 Å². The Morgan fingerprint density at radius 3 is 1.88 bits per heavy atom. The highest BCUT2D eigenvalue weighted by Gasteiger charge is 2.37. The predicted molar refractivity (Wildman–Crippen MR) is 171 cm³/mol. The first-order chi connectivity index (χ1) is 23.2. The van der Waals surface area contributed by atoms with Gasteiger partial charge in [-0.15, -0.1) is 0 Å². The second-order valence-corrected chi connectivity index (χ2v) is 11.1. The van der Waals surface area contributed by atoms with E-state index in [0.29, 0.717) is 55.3 Å². The summed E-state index contributed by atoms with van der Waals surface area (Å²) < 4.78 is 98.7. The Balaban J connectivity index is 1.37. The molecule has 0 spiro atoms. The number of hydrogen-bond acceptors (Lipinski definition) is 5. The third-order valence-electron chi connectivity index (χ3n) is 7.76. The van der Waals surface area contributed by atoms with Gasteiger partial charge in [0.1, 0.15) is 11.6 Å². The van der Waals surface area contributed by atoms with E-state index in [0.717, 1.165) is 5.69 Å². The van der Waals surface area contributed by atoms with Gasteiger partial charge in [0, 0.05) is 49.8 Å². The van der Waals surface area contributed by atoms with Crippen molar-refractivity contribution in [1.82, 2.24) is 5.32 Å². The molecule has 8 nitrogen and oxygen atoms in total. The zero-order valence-corrected chi connectivity index (χ0v) is 25.9. The largest absolute Gasteiger partial charge is 0.495 e. The van der Waals surface area contributed by atoms with Crippen molar-refractivity contribution < 1.29 is 45.1 Å². The van der Waals surface area contributed by atoms with E-state index in [-0.39, 0.29) is 23.9 Å². The molecule has 1 fully saturated rings. The lowest BCUT2D eigenvalue weighted by atomic mass is 10.1. The number of benzene rings is 4. The van der Waals surface area contributed by atoms with Crippen molar-refractivity contribution in [3.05, 3.63) is 113 Å². The molecule has 15 heteroatoms. The van der Waals surface area contributed by atoms with E-state index >= 15 is 0 Å². The number of alkyl halides is 6. The molecule has 0 bridgehead atoms. The SMILES string of the molecule is COc1ccccc1N1CCN(c2ccc(NC(=O)Nc3cc(C(F)(F)F)cc(C(F)(F)F)c3)cc2C(=O)NCc2ccc(F)cc2)CC1. The predicted octanol–water partition coefficient (Wildman–Crippen LogP) is 7.77. The topological polar surface area (TPSA) is 85.9 Å². The van der Waals surface area contributed by atoms with Crippen LogP contribution in [0.25, 0.3) is 0 Å². The van der Waals surface area contributed by atoms with Gasteiger partial charge in [-0.05, 0) is 66.2 Å². The zero-order valence-electron chi connectivity index (χ0n) is 25.9. The van der Waals surface area contributed by atoms with Gasteiger partial charge in [0.25, 0.3) is 5.91 Å². The average Bonchev–Trinajstić information content (AvgIpc) is 3.07. The number of urea groups is 1. The highest BCUT2D eigenvalue weighted by atomic mass is 19.4. The van der Waals surface area contributed by atoms with Crippen LogP contribution < -0.4 is 30.5 Å². The molecule has 1 aliphatic heterocycles. The molecule has 1 heterocycles. The first kappa shape index (κ1) is 34.9. The molecule has 4 aromatic rings. The number of amides is 3. The Labute approximate surface area is 276 Å². The number of anilines is 4. The zero-order chi connectivity index (χ0) is 35.3. The van der Waals surface area contributed by atoms with Crippen LogP contribution in [-0.4, -0.2) is 45.2 Å². The summed E-state index contributed by atoms with van der Waals surface area (Å²) in [5.41, 5.74) is -1.67. The number of nitrogens with one attached hydrogen (secondary N) is 3. The first-order valence-corrected chi connectivity index (χ1v) is 14.9. The van der Waals surface area contributed by atoms with Gasteiger partial charge in [-0.2, -0.15) is 26.3 Å². The van der Waals surface area contributed by atoms with E-state index in [9.17, 15) is 40.3 Å². The minimum absolute atomic E-state index is 0.0452. The number of nitrogens with zero attached hydrogens (tertiary/aromatic N) is 2. The maximum Gasteiger partial charge on any atom is 0.416 e. The van der Waals surface area contributed by atoms with Crippen LogP contribution in [0.3, 0.4) is 0 Å². The van der Waals surface area contributed by atoms with Crippen LogP contribution in [0, 0.1) is 5.82 Å². The van der Waals surface area contributed by atoms with Gasteiger partial charge in [0.2, 0.25) is 0 Å². The van der Waals surface area contributed by atoms with Gasteiger partial charge in [-0.3, -0.25) is 4.79 Å². The van der Waals surface area contributed by atoms with Crippen LogP contribution in [-0.2, 0) is 18.9 Å². The second-order valence-electron chi connectivity index (χ2n) is 11.1. The number of halogens is 7. The number of rotatable bonds is 8. The van der Waals surface area contributed by atoms with Crippen LogP contribution >= 0.6 is 0 Å². The molecule has 1 saturated heterocycles. The molecule has 0 saturated carbocycles. The summed E-state index contributed by atoms with van der Waals surface area (Å²) in [4.78, 5) is 30.4. The number of hydrogen-bond donors (Lipinski definition) is 3. The number of methoxy groups -OCH3 is 1. The summed E-state index contributed by atoms with van der Waals surface area (Å²) in [5.74, 6) is -0.269. The maximum atomic E-state index is 13.5. The molecule has 5 rings (SSSR count). The molecule has 258 valence electrons. The Morgan fingerprint density at radius 2 is 1.29 bits per heavy atom. The minimum atomic E-state index is -5.10. The molecule has 0 aliphatic carbocycles. The molecule has 49 heavy (non-hydrogen) atoms. The average molecular weight is 690 g/mol. The fourth-order valence-electron chi connectivity index (χ4n) is 5.35. The highest BCUT2D eigenvalue weighted by Crippen LogP contribution is 2.38. The van der Waals surface area contributed by atoms with Gasteiger partial charge in [-0.1, -0.05) is 24.3 Å². The fraction of sp³-hybridized carbons (Fsp3) is 0.235. The van der Waals surface area contributed by atoms with Crippen molar-refractivity contribution in [2.45, 2.75) is 18.9 Å². The van der Waals surface area contributed by atoms with Gasteiger partial charge in [0.05, 0.1) is 29.5 Å². The Bertz CT molecular complexity index is 1770. The van der Waals surface area contributed by atoms with Crippen LogP contribution in [0.15, 0.2) is 84.9 Å². The lowest BCUT2D eigenvalue weighted by Gasteiger charge is -2.38.